The number of hydrogen-bond acceptors (Lipinski definition) is 3. The van der Waals surface area contributed by atoms with Gasteiger partial charge in [0, 0.05) is 37.7 Å². The van der Waals surface area contributed by atoms with Crippen LogP contribution in [0.3, 0.4) is 0 Å². The van der Waals surface area contributed by atoms with Crippen LogP contribution in [0, 0.1) is 0 Å². The van der Waals surface area contributed by atoms with Gasteiger partial charge in [0.05, 0.1) is 12.1 Å². The highest BCUT2D eigenvalue weighted by molar-refractivity contribution is 6.30. The maximum Gasteiger partial charge on any atom is 0.237 e. The van der Waals surface area contributed by atoms with Crippen LogP contribution in [0.25, 0.3) is 0 Å². The van der Waals surface area contributed by atoms with Crippen molar-refractivity contribution in [2.24, 2.45) is 0 Å². The van der Waals surface area contributed by atoms with E-state index in [0.29, 0.717) is 0 Å². The fourth-order valence-corrected chi connectivity index (χ4v) is 3.61. The largest absolute Gasteiger partial charge is 0.348 e. The highest BCUT2D eigenvalue weighted by Crippen LogP contribution is 2.15. The Balaban J connectivity index is 1.46. The van der Waals surface area contributed by atoms with E-state index in [0.717, 1.165) is 43.3 Å². The maximum atomic E-state index is 12.7. The van der Waals surface area contributed by atoms with Crippen molar-refractivity contribution in [2.75, 3.05) is 26.2 Å². The Morgan fingerprint density at radius 3 is 2.26 bits per heavy atom. The molecule has 2 atom stereocenters. The third-order valence-corrected chi connectivity index (χ3v) is 5.56. The van der Waals surface area contributed by atoms with E-state index in [1.165, 1.54) is 5.56 Å². The van der Waals surface area contributed by atoms with Crippen molar-refractivity contribution < 1.29 is 4.79 Å². The Kier molecular flexibility index (Phi) is 6.89. The summed E-state index contributed by atoms with van der Waals surface area (Å²) in [7, 11) is 0. The molecule has 0 bridgehead atoms. The zero-order valence-electron chi connectivity index (χ0n) is 16.1. The second-order valence-electron chi connectivity index (χ2n) is 7.26. The number of piperazine rings is 1. The van der Waals surface area contributed by atoms with Gasteiger partial charge in [-0.2, -0.15) is 0 Å². The lowest BCUT2D eigenvalue weighted by molar-refractivity contribution is -0.127. The van der Waals surface area contributed by atoms with Gasteiger partial charge >= 0.3 is 0 Å². The minimum atomic E-state index is -0.117. The van der Waals surface area contributed by atoms with Crippen LogP contribution in [0.15, 0.2) is 54.6 Å². The number of benzene rings is 2. The average Bonchev–Trinajstić information content (AvgIpc) is 2.70. The van der Waals surface area contributed by atoms with Crippen LogP contribution in [-0.4, -0.2) is 47.9 Å². The van der Waals surface area contributed by atoms with Gasteiger partial charge in [0.2, 0.25) is 5.91 Å². The molecule has 2 aromatic rings. The summed E-state index contributed by atoms with van der Waals surface area (Å²) in [5, 5.41) is 3.91. The molecule has 144 valence electrons. The van der Waals surface area contributed by atoms with Gasteiger partial charge < -0.3 is 5.32 Å². The first-order chi connectivity index (χ1) is 13.0. The molecule has 0 aromatic heterocycles. The third kappa shape index (κ3) is 5.55. The Labute approximate surface area is 167 Å². The van der Waals surface area contributed by atoms with Gasteiger partial charge in [0.15, 0.2) is 0 Å². The highest BCUT2D eigenvalue weighted by atomic mass is 35.5. The van der Waals surface area contributed by atoms with Crippen molar-refractivity contribution in [1.29, 1.82) is 0 Å². The zero-order chi connectivity index (χ0) is 19.2. The van der Waals surface area contributed by atoms with Crippen LogP contribution < -0.4 is 5.32 Å². The van der Waals surface area contributed by atoms with Gasteiger partial charge in [-0.25, -0.2) is 0 Å². The van der Waals surface area contributed by atoms with Crippen molar-refractivity contribution in [3.8, 4) is 0 Å². The fraction of sp³-hybridized carbons (Fsp3) is 0.409. The number of rotatable bonds is 6. The predicted molar refractivity (Wildman–Crippen MR) is 111 cm³/mol. The molecular weight excluding hydrogens is 358 g/mol. The minimum Gasteiger partial charge on any atom is -0.348 e. The second-order valence-corrected chi connectivity index (χ2v) is 7.69. The monoisotopic (exact) mass is 385 g/mol. The number of nitrogens with zero attached hydrogens (tertiary/aromatic N) is 2. The Bertz CT molecular complexity index is 727. The van der Waals surface area contributed by atoms with E-state index in [2.05, 4.69) is 27.2 Å². The van der Waals surface area contributed by atoms with Gasteiger partial charge in [-0.05, 0) is 37.1 Å². The lowest BCUT2D eigenvalue weighted by Gasteiger charge is -2.37. The number of amides is 1. The van der Waals surface area contributed by atoms with Crippen molar-refractivity contribution in [3.63, 3.8) is 0 Å². The summed E-state index contributed by atoms with van der Waals surface area (Å²) in [6.45, 7) is 8.70. The molecule has 0 unspecified atom stereocenters. The molecule has 1 aliphatic heterocycles. The van der Waals surface area contributed by atoms with E-state index in [-0.39, 0.29) is 18.0 Å². The summed E-state index contributed by atoms with van der Waals surface area (Å²) < 4.78 is 0. The topological polar surface area (TPSA) is 35.6 Å². The van der Waals surface area contributed by atoms with Crippen LogP contribution in [0.2, 0.25) is 5.02 Å². The molecular formula is C22H28ClN3O. The fourth-order valence-electron chi connectivity index (χ4n) is 3.48. The molecule has 1 N–H and O–H groups in total. The SMILES string of the molecule is C[C@@H](NC(=O)[C@H](C)N1CCN(Cc2ccc(Cl)cc2)CC1)c1ccccc1. The number of halogens is 1. The van der Waals surface area contributed by atoms with E-state index < -0.39 is 0 Å². The summed E-state index contributed by atoms with van der Waals surface area (Å²) in [4.78, 5) is 17.3. The third-order valence-electron chi connectivity index (χ3n) is 5.31. The molecule has 2 aromatic carbocycles. The van der Waals surface area contributed by atoms with Gasteiger partial charge in [-0.15, -0.1) is 0 Å². The van der Waals surface area contributed by atoms with Crippen LogP contribution in [0.4, 0.5) is 0 Å². The first kappa shape index (κ1) is 19.9. The average molecular weight is 386 g/mol. The number of carbonyl (C=O) groups excluding carboxylic acids is 1. The molecule has 5 heteroatoms. The molecule has 1 saturated heterocycles. The maximum absolute atomic E-state index is 12.7. The first-order valence-corrected chi connectivity index (χ1v) is 9.97. The normalized spacial score (nSPS) is 18.0. The molecule has 1 heterocycles. The molecule has 0 spiro atoms. The zero-order valence-corrected chi connectivity index (χ0v) is 16.8. The van der Waals surface area contributed by atoms with E-state index in [9.17, 15) is 4.79 Å². The Morgan fingerprint density at radius 2 is 1.63 bits per heavy atom. The van der Waals surface area contributed by atoms with Crippen molar-refractivity contribution in [1.82, 2.24) is 15.1 Å². The molecule has 0 radical (unpaired) electrons. The van der Waals surface area contributed by atoms with E-state index in [1.807, 2.05) is 56.3 Å². The number of carbonyl (C=O) groups is 1. The van der Waals surface area contributed by atoms with E-state index in [4.69, 9.17) is 11.6 Å². The lowest BCUT2D eigenvalue weighted by atomic mass is 10.1. The summed E-state index contributed by atoms with van der Waals surface area (Å²) in [5.41, 5.74) is 2.40. The van der Waals surface area contributed by atoms with Gasteiger partial charge in [-0.3, -0.25) is 14.6 Å². The molecule has 1 amide bonds. The van der Waals surface area contributed by atoms with Crippen LogP contribution >= 0.6 is 11.6 Å². The standard InChI is InChI=1S/C22H28ClN3O/c1-17(20-6-4-3-5-7-20)24-22(27)18(2)26-14-12-25(13-15-26)16-19-8-10-21(23)11-9-19/h3-11,17-18H,12-16H2,1-2H3,(H,24,27)/t17-,18+/m1/s1. The van der Waals surface area contributed by atoms with Crippen molar-refractivity contribution in [2.45, 2.75) is 32.5 Å². The molecule has 27 heavy (non-hydrogen) atoms. The number of nitrogens with one attached hydrogen (secondary N) is 1. The molecule has 1 fully saturated rings. The minimum absolute atomic E-state index is 0.0207. The summed E-state index contributed by atoms with van der Waals surface area (Å²) in [6.07, 6.45) is 0. The molecule has 0 aliphatic carbocycles. The highest BCUT2D eigenvalue weighted by Gasteiger charge is 2.26. The summed E-state index contributed by atoms with van der Waals surface area (Å²) >= 11 is 5.95. The van der Waals surface area contributed by atoms with Crippen molar-refractivity contribution >= 4 is 17.5 Å². The first-order valence-electron chi connectivity index (χ1n) is 9.59. The van der Waals surface area contributed by atoms with E-state index in [1.54, 1.807) is 0 Å². The van der Waals surface area contributed by atoms with Crippen LogP contribution in [0.1, 0.15) is 31.0 Å². The molecule has 3 rings (SSSR count). The summed E-state index contributed by atoms with van der Waals surface area (Å²) in [5.74, 6) is 0.0949. The predicted octanol–water partition coefficient (Wildman–Crippen LogP) is 3.72. The Morgan fingerprint density at radius 1 is 1.00 bits per heavy atom. The van der Waals surface area contributed by atoms with Crippen LogP contribution in [0.5, 0.6) is 0 Å². The Hall–Kier alpha value is -1.88. The quantitative estimate of drug-likeness (QED) is 0.823. The summed E-state index contributed by atoms with van der Waals surface area (Å²) in [6, 6.07) is 18.0. The second kappa shape index (κ2) is 9.36. The van der Waals surface area contributed by atoms with E-state index >= 15 is 0 Å². The molecule has 0 saturated carbocycles. The molecule has 4 nitrogen and oxygen atoms in total. The van der Waals surface area contributed by atoms with Crippen LogP contribution in [-0.2, 0) is 11.3 Å². The molecule has 1 aliphatic rings. The smallest absolute Gasteiger partial charge is 0.237 e. The van der Waals surface area contributed by atoms with Gasteiger partial charge in [-0.1, -0.05) is 54.1 Å². The van der Waals surface area contributed by atoms with Gasteiger partial charge in [0.25, 0.3) is 0 Å². The van der Waals surface area contributed by atoms with Gasteiger partial charge in [0.1, 0.15) is 0 Å². The number of hydrogen-bond donors (Lipinski definition) is 1. The van der Waals surface area contributed by atoms with Crippen molar-refractivity contribution in [3.05, 3.63) is 70.7 Å². The lowest BCUT2D eigenvalue weighted by Crippen LogP contribution is -2.53.